The van der Waals surface area contributed by atoms with Gasteiger partial charge in [-0.2, -0.15) is 4.98 Å². The molecule has 0 radical (unpaired) electrons. The molecule has 0 unspecified atom stereocenters. The lowest BCUT2D eigenvalue weighted by molar-refractivity contribution is 0.371. The van der Waals surface area contributed by atoms with Gasteiger partial charge in [-0.3, -0.25) is 4.99 Å². The lowest BCUT2D eigenvalue weighted by atomic mass is 10.4. The predicted octanol–water partition coefficient (Wildman–Crippen LogP) is 2.49. The first-order valence-electron chi connectivity index (χ1n) is 6.52. The Balaban J connectivity index is 0.00000220. The summed E-state index contributed by atoms with van der Waals surface area (Å²) in [6.07, 6.45) is 1.08. The molecule has 0 saturated carbocycles. The number of hydrogen-bond donors (Lipinski definition) is 2. The Hall–Kier alpha value is -1.16. The van der Waals surface area contributed by atoms with E-state index < -0.39 is 0 Å². The predicted molar refractivity (Wildman–Crippen MR) is 95.2 cm³/mol. The summed E-state index contributed by atoms with van der Waals surface area (Å²) in [6, 6.07) is 4.31. The molecule has 0 aliphatic heterocycles. The van der Waals surface area contributed by atoms with Crippen molar-refractivity contribution in [2.75, 3.05) is 7.05 Å². The molecule has 0 saturated heterocycles. The maximum Gasteiger partial charge on any atom is 0.246 e. The minimum Gasteiger partial charge on any atom is -0.352 e. The van der Waals surface area contributed by atoms with Crippen LogP contribution in [0, 0.1) is 6.92 Å². The van der Waals surface area contributed by atoms with E-state index in [1.165, 1.54) is 9.75 Å². The molecule has 8 heteroatoms. The molecule has 2 aromatic rings. The number of rotatable bonds is 5. The van der Waals surface area contributed by atoms with Crippen molar-refractivity contribution < 1.29 is 4.52 Å². The minimum absolute atomic E-state index is 0. The number of aryl methyl sites for hydroxylation is 2. The van der Waals surface area contributed by atoms with Gasteiger partial charge in [-0.05, 0) is 25.5 Å². The van der Waals surface area contributed by atoms with Crippen molar-refractivity contribution in [3.8, 4) is 0 Å². The van der Waals surface area contributed by atoms with Crippen LogP contribution in [0.3, 0.4) is 0 Å². The zero-order valence-corrected chi connectivity index (χ0v) is 15.5. The van der Waals surface area contributed by atoms with Gasteiger partial charge in [0.15, 0.2) is 11.8 Å². The summed E-state index contributed by atoms with van der Waals surface area (Å²) in [6.45, 7) is 5.18. The van der Waals surface area contributed by atoms with Crippen molar-refractivity contribution in [2.45, 2.75) is 33.4 Å². The van der Waals surface area contributed by atoms with E-state index in [-0.39, 0.29) is 24.0 Å². The zero-order chi connectivity index (χ0) is 14.4. The summed E-state index contributed by atoms with van der Waals surface area (Å²) >= 11 is 1.82. The smallest absolute Gasteiger partial charge is 0.246 e. The second-order valence-electron chi connectivity index (χ2n) is 4.24. The van der Waals surface area contributed by atoms with Crippen LogP contribution in [0.25, 0.3) is 0 Å². The second kappa shape index (κ2) is 8.98. The van der Waals surface area contributed by atoms with Crippen LogP contribution in [-0.4, -0.2) is 23.1 Å². The topological polar surface area (TPSA) is 75.3 Å². The van der Waals surface area contributed by atoms with Crippen LogP contribution in [0.1, 0.15) is 28.4 Å². The van der Waals surface area contributed by atoms with Crippen molar-refractivity contribution in [2.24, 2.45) is 4.99 Å². The molecule has 21 heavy (non-hydrogen) atoms. The van der Waals surface area contributed by atoms with Gasteiger partial charge in [0.2, 0.25) is 5.89 Å². The summed E-state index contributed by atoms with van der Waals surface area (Å²) in [7, 11) is 1.74. The van der Waals surface area contributed by atoms with Crippen molar-refractivity contribution >= 4 is 41.3 Å². The van der Waals surface area contributed by atoms with Crippen LogP contribution < -0.4 is 10.6 Å². The van der Waals surface area contributed by atoms with E-state index in [1.54, 1.807) is 14.0 Å². The first-order chi connectivity index (χ1) is 9.71. The molecule has 2 N–H and O–H groups in total. The summed E-state index contributed by atoms with van der Waals surface area (Å²) in [5.74, 6) is 1.90. The Kier molecular flexibility index (Phi) is 7.65. The van der Waals surface area contributed by atoms with Crippen molar-refractivity contribution in [3.63, 3.8) is 0 Å². The number of halogens is 1. The van der Waals surface area contributed by atoms with E-state index in [4.69, 9.17) is 4.52 Å². The SMILES string of the molecule is CCc1ccc(CNC(=NC)NCc2nc(C)no2)s1.I. The molecular weight excluding hydrogens is 401 g/mol. The fourth-order valence-corrected chi connectivity index (χ4v) is 2.57. The monoisotopic (exact) mass is 421 g/mol. The Morgan fingerprint density at radius 2 is 2.00 bits per heavy atom. The van der Waals surface area contributed by atoms with Crippen LogP contribution in [0.2, 0.25) is 0 Å². The molecule has 2 heterocycles. The lowest BCUT2D eigenvalue weighted by Crippen LogP contribution is -2.36. The third-order valence-electron chi connectivity index (χ3n) is 2.70. The summed E-state index contributed by atoms with van der Waals surface area (Å²) < 4.78 is 5.04. The van der Waals surface area contributed by atoms with Gasteiger partial charge in [-0.15, -0.1) is 35.3 Å². The third kappa shape index (κ3) is 5.62. The number of thiophene rings is 1. The lowest BCUT2D eigenvalue weighted by Gasteiger charge is -2.09. The maximum atomic E-state index is 5.04. The van der Waals surface area contributed by atoms with Crippen LogP contribution in [0.5, 0.6) is 0 Å². The molecule has 2 aromatic heterocycles. The van der Waals surface area contributed by atoms with Crippen LogP contribution in [0.4, 0.5) is 0 Å². The molecule has 0 fully saturated rings. The van der Waals surface area contributed by atoms with E-state index >= 15 is 0 Å². The maximum absolute atomic E-state index is 5.04. The zero-order valence-electron chi connectivity index (χ0n) is 12.3. The van der Waals surface area contributed by atoms with Crippen LogP contribution in [0.15, 0.2) is 21.6 Å². The third-order valence-corrected chi connectivity index (χ3v) is 3.93. The molecule has 0 bridgehead atoms. The Morgan fingerprint density at radius 3 is 2.57 bits per heavy atom. The Bertz CT molecular complexity index is 581. The van der Waals surface area contributed by atoms with Gasteiger partial charge in [0.05, 0.1) is 13.1 Å². The molecule has 0 spiro atoms. The van der Waals surface area contributed by atoms with Gasteiger partial charge in [-0.1, -0.05) is 12.1 Å². The average molecular weight is 421 g/mol. The molecule has 0 atom stereocenters. The fraction of sp³-hybridized carbons (Fsp3) is 0.462. The van der Waals surface area contributed by atoms with E-state index in [1.807, 2.05) is 11.3 Å². The standard InChI is InChI=1S/C13H19N5OS.HI/c1-4-10-5-6-11(20-10)7-15-13(14-3)16-8-12-17-9(2)18-19-12;/h5-6H,4,7-8H2,1-3H3,(H2,14,15,16);1H. The van der Waals surface area contributed by atoms with Gasteiger partial charge >= 0.3 is 0 Å². The average Bonchev–Trinajstić information content (AvgIpc) is 3.08. The summed E-state index contributed by atoms with van der Waals surface area (Å²) in [5, 5.41) is 10.1. The number of nitrogens with zero attached hydrogens (tertiary/aromatic N) is 3. The molecule has 0 aliphatic carbocycles. The summed E-state index contributed by atoms with van der Waals surface area (Å²) in [5.41, 5.74) is 0. The quantitative estimate of drug-likeness (QED) is 0.441. The van der Waals surface area contributed by atoms with E-state index in [0.717, 1.165) is 13.0 Å². The summed E-state index contributed by atoms with van der Waals surface area (Å²) in [4.78, 5) is 11.0. The highest BCUT2D eigenvalue weighted by Gasteiger charge is 2.05. The van der Waals surface area contributed by atoms with E-state index in [0.29, 0.717) is 24.2 Å². The normalized spacial score (nSPS) is 11.1. The fourth-order valence-electron chi connectivity index (χ4n) is 1.67. The van der Waals surface area contributed by atoms with Gasteiger partial charge < -0.3 is 15.2 Å². The van der Waals surface area contributed by atoms with Gasteiger partial charge in [-0.25, -0.2) is 0 Å². The molecule has 0 aliphatic rings. The first-order valence-corrected chi connectivity index (χ1v) is 7.34. The molecule has 2 rings (SSSR count). The molecule has 0 amide bonds. The first kappa shape index (κ1) is 17.9. The highest BCUT2D eigenvalue weighted by atomic mass is 127. The molecule has 116 valence electrons. The van der Waals surface area contributed by atoms with Crippen molar-refractivity contribution in [1.82, 2.24) is 20.8 Å². The minimum atomic E-state index is 0. The van der Waals surface area contributed by atoms with Crippen LogP contribution >= 0.6 is 35.3 Å². The van der Waals surface area contributed by atoms with Crippen molar-refractivity contribution in [1.29, 1.82) is 0 Å². The van der Waals surface area contributed by atoms with E-state index in [2.05, 4.69) is 44.8 Å². The number of guanidine groups is 1. The molecular formula is C13H20IN5OS. The Morgan fingerprint density at radius 1 is 1.29 bits per heavy atom. The van der Waals surface area contributed by atoms with E-state index in [9.17, 15) is 0 Å². The largest absolute Gasteiger partial charge is 0.352 e. The van der Waals surface area contributed by atoms with Crippen LogP contribution in [-0.2, 0) is 19.5 Å². The van der Waals surface area contributed by atoms with Crippen molar-refractivity contribution in [3.05, 3.63) is 33.6 Å². The molecule has 6 nitrogen and oxygen atoms in total. The van der Waals surface area contributed by atoms with Gasteiger partial charge in [0.25, 0.3) is 0 Å². The Labute approximate surface area is 145 Å². The molecule has 0 aromatic carbocycles. The highest BCUT2D eigenvalue weighted by Crippen LogP contribution is 2.16. The highest BCUT2D eigenvalue weighted by molar-refractivity contribution is 14.0. The van der Waals surface area contributed by atoms with Gasteiger partial charge in [0.1, 0.15) is 0 Å². The number of nitrogens with one attached hydrogen (secondary N) is 2. The van der Waals surface area contributed by atoms with Gasteiger partial charge in [0, 0.05) is 16.8 Å². The number of hydrogen-bond acceptors (Lipinski definition) is 5. The number of aromatic nitrogens is 2. The number of aliphatic imine (C=N–C) groups is 1. The second-order valence-corrected chi connectivity index (χ2v) is 5.49.